The molecule has 3 aromatic rings. The average molecular weight is 409 g/mol. The lowest BCUT2D eigenvalue weighted by Crippen LogP contribution is -2.23. The Labute approximate surface area is 176 Å². The van der Waals surface area contributed by atoms with Gasteiger partial charge in [-0.25, -0.2) is 0 Å². The van der Waals surface area contributed by atoms with Gasteiger partial charge in [0.1, 0.15) is 0 Å². The molecule has 0 saturated heterocycles. The van der Waals surface area contributed by atoms with Crippen LogP contribution in [-0.4, -0.2) is 37.0 Å². The van der Waals surface area contributed by atoms with E-state index in [1.807, 2.05) is 54.9 Å². The Hall–Kier alpha value is -3.48. The number of hydrogen-bond donors (Lipinski definition) is 1. The van der Waals surface area contributed by atoms with Crippen LogP contribution >= 0.6 is 0 Å². The number of nitrogens with zero attached hydrogens (tertiary/aromatic N) is 2. The summed E-state index contributed by atoms with van der Waals surface area (Å²) in [5.41, 5.74) is 4.57. The van der Waals surface area contributed by atoms with Crippen LogP contribution in [0.15, 0.2) is 42.5 Å². The highest BCUT2D eigenvalue weighted by atomic mass is 16.5. The van der Waals surface area contributed by atoms with Gasteiger partial charge in [0.2, 0.25) is 5.75 Å². The van der Waals surface area contributed by atoms with Gasteiger partial charge in [-0.1, -0.05) is 12.1 Å². The van der Waals surface area contributed by atoms with E-state index in [0.29, 0.717) is 35.9 Å². The van der Waals surface area contributed by atoms with Crippen molar-refractivity contribution in [1.29, 1.82) is 0 Å². The lowest BCUT2D eigenvalue weighted by molar-refractivity contribution is 0.0950. The molecule has 0 aliphatic heterocycles. The number of aryl methyl sites for hydroxylation is 2. The number of aromatic nitrogens is 2. The quantitative estimate of drug-likeness (QED) is 0.616. The lowest BCUT2D eigenvalue weighted by Gasteiger charge is -2.16. The first kappa shape index (κ1) is 21.2. The van der Waals surface area contributed by atoms with E-state index in [1.165, 1.54) is 0 Å². The predicted octanol–water partition coefficient (Wildman–Crippen LogP) is 3.50. The van der Waals surface area contributed by atoms with Crippen LogP contribution in [-0.2, 0) is 13.1 Å². The number of rotatable bonds is 8. The van der Waals surface area contributed by atoms with Gasteiger partial charge in [0, 0.05) is 23.4 Å². The van der Waals surface area contributed by atoms with Gasteiger partial charge in [-0.15, -0.1) is 0 Å². The fraction of sp³-hybridized carbons (Fsp3) is 0.304. The van der Waals surface area contributed by atoms with Crippen molar-refractivity contribution in [2.24, 2.45) is 0 Å². The maximum atomic E-state index is 12.6. The number of methoxy groups -OCH3 is 3. The Bertz CT molecular complexity index is 1030. The van der Waals surface area contributed by atoms with Crippen LogP contribution in [0.25, 0.3) is 0 Å². The number of carbonyl (C=O) groups is 1. The summed E-state index contributed by atoms with van der Waals surface area (Å²) >= 11 is 0. The third-order valence-electron chi connectivity index (χ3n) is 4.88. The third-order valence-corrected chi connectivity index (χ3v) is 4.88. The highest BCUT2D eigenvalue weighted by Gasteiger charge is 2.16. The Balaban J connectivity index is 1.67. The van der Waals surface area contributed by atoms with E-state index in [2.05, 4.69) is 10.4 Å². The molecular weight excluding hydrogens is 382 g/mol. The van der Waals surface area contributed by atoms with Crippen LogP contribution in [0, 0.1) is 13.8 Å². The fourth-order valence-electron chi connectivity index (χ4n) is 3.35. The SMILES string of the molecule is COc1ccc(CNC(=O)c2ccc(Cn3nc(C)cc3C)cc2)c(OC)c1OC. The second-order valence-corrected chi connectivity index (χ2v) is 6.96. The van der Waals surface area contributed by atoms with Gasteiger partial charge in [-0.2, -0.15) is 5.10 Å². The molecule has 30 heavy (non-hydrogen) atoms. The Morgan fingerprint density at radius 2 is 1.67 bits per heavy atom. The molecule has 1 heterocycles. The zero-order valence-corrected chi connectivity index (χ0v) is 18.0. The van der Waals surface area contributed by atoms with E-state index in [4.69, 9.17) is 14.2 Å². The number of hydrogen-bond acceptors (Lipinski definition) is 5. The minimum Gasteiger partial charge on any atom is -0.493 e. The van der Waals surface area contributed by atoms with Crippen molar-refractivity contribution in [2.45, 2.75) is 26.9 Å². The molecular formula is C23H27N3O4. The molecule has 0 bridgehead atoms. The first-order chi connectivity index (χ1) is 14.5. The van der Waals surface area contributed by atoms with Crippen LogP contribution < -0.4 is 19.5 Å². The van der Waals surface area contributed by atoms with Crippen molar-refractivity contribution >= 4 is 5.91 Å². The molecule has 1 N–H and O–H groups in total. The zero-order valence-electron chi connectivity index (χ0n) is 18.0. The molecule has 0 spiro atoms. The molecule has 0 saturated carbocycles. The van der Waals surface area contributed by atoms with Crippen molar-refractivity contribution in [1.82, 2.24) is 15.1 Å². The molecule has 3 rings (SSSR count). The standard InChI is InChI=1S/C23H27N3O4/c1-15-12-16(2)26(25-15)14-17-6-8-18(9-7-17)23(27)24-13-19-10-11-20(28-3)22(30-5)21(19)29-4/h6-12H,13-14H2,1-5H3,(H,24,27). The van der Waals surface area contributed by atoms with Crippen molar-refractivity contribution < 1.29 is 19.0 Å². The molecule has 7 heteroatoms. The second kappa shape index (κ2) is 9.35. The van der Waals surface area contributed by atoms with E-state index in [9.17, 15) is 4.79 Å². The van der Waals surface area contributed by atoms with Crippen LogP contribution in [0.5, 0.6) is 17.2 Å². The highest BCUT2D eigenvalue weighted by molar-refractivity contribution is 5.94. The van der Waals surface area contributed by atoms with E-state index in [1.54, 1.807) is 27.4 Å². The molecule has 0 aliphatic rings. The van der Waals surface area contributed by atoms with Crippen LogP contribution in [0.1, 0.15) is 32.9 Å². The van der Waals surface area contributed by atoms with Crippen molar-refractivity contribution in [2.75, 3.05) is 21.3 Å². The van der Waals surface area contributed by atoms with E-state index in [0.717, 1.165) is 22.5 Å². The van der Waals surface area contributed by atoms with Crippen LogP contribution in [0.3, 0.4) is 0 Å². The molecule has 7 nitrogen and oxygen atoms in total. The van der Waals surface area contributed by atoms with Crippen molar-refractivity contribution in [3.63, 3.8) is 0 Å². The van der Waals surface area contributed by atoms with Gasteiger partial charge in [-0.3, -0.25) is 9.48 Å². The lowest BCUT2D eigenvalue weighted by atomic mass is 10.1. The van der Waals surface area contributed by atoms with Crippen LogP contribution in [0.4, 0.5) is 0 Å². The zero-order chi connectivity index (χ0) is 21.7. The molecule has 0 unspecified atom stereocenters. The summed E-state index contributed by atoms with van der Waals surface area (Å²) in [6.45, 7) is 4.98. The molecule has 0 atom stereocenters. The van der Waals surface area contributed by atoms with Gasteiger partial charge >= 0.3 is 0 Å². The number of nitrogens with one attached hydrogen (secondary N) is 1. The molecule has 1 aromatic heterocycles. The van der Waals surface area contributed by atoms with Gasteiger partial charge in [0.05, 0.1) is 33.6 Å². The largest absolute Gasteiger partial charge is 0.493 e. The number of benzene rings is 2. The smallest absolute Gasteiger partial charge is 0.251 e. The normalized spacial score (nSPS) is 10.6. The van der Waals surface area contributed by atoms with E-state index >= 15 is 0 Å². The van der Waals surface area contributed by atoms with E-state index < -0.39 is 0 Å². The summed E-state index contributed by atoms with van der Waals surface area (Å²) in [5.74, 6) is 1.45. The summed E-state index contributed by atoms with van der Waals surface area (Å²) in [6, 6.07) is 13.2. The third kappa shape index (κ3) is 4.56. The summed E-state index contributed by atoms with van der Waals surface area (Å²) in [5, 5.41) is 7.40. The topological polar surface area (TPSA) is 74.6 Å². The fourth-order valence-corrected chi connectivity index (χ4v) is 3.35. The second-order valence-electron chi connectivity index (χ2n) is 6.96. The van der Waals surface area contributed by atoms with Gasteiger partial charge in [-0.05, 0) is 49.7 Å². The van der Waals surface area contributed by atoms with Gasteiger partial charge in [0.15, 0.2) is 11.5 Å². The number of amides is 1. The van der Waals surface area contributed by atoms with Gasteiger partial charge in [0.25, 0.3) is 5.91 Å². The van der Waals surface area contributed by atoms with Crippen molar-refractivity contribution in [3.8, 4) is 17.2 Å². The maximum absolute atomic E-state index is 12.6. The average Bonchev–Trinajstić information content (AvgIpc) is 3.07. The van der Waals surface area contributed by atoms with Crippen LogP contribution in [0.2, 0.25) is 0 Å². The summed E-state index contributed by atoms with van der Waals surface area (Å²) in [7, 11) is 4.68. The summed E-state index contributed by atoms with van der Waals surface area (Å²) < 4.78 is 18.1. The monoisotopic (exact) mass is 409 g/mol. The summed E-state index contributed by atoms with van der Waals surface area (Å²) in [6.07, 6.45) is 0. The Morgan fingerprint density at radius 1 is 0.967 bits per heavy atom. The molecule has 158 valence electrons. The first-order valence-electron chi connectivity index (χ1n) is 9.62. The molecule has 0 radical (unpaired) electrons. The number of carbonyl (C=O) groups excluding carboxylic acids is 1. The highest BCUT2D eigenvalue weighted by Crippen LogP contribution is 2.39. The molecule has 2 aromatic carbocycles. The molecule has 1 amide bonds. The number of ether oxygens (including phenoxy) is 3. The maximum Gasteiger partial charge on any atom is 0.251 e. The Morgan fingerprint density at radius 3 is 2.23 bits per heavy atom. The van der Waals surface area contributed by atoms with Gasteiger partial charge < -0.3 is 19.5 Å². The first-order valence-corrected chi connectivity index (χ1v) is 9.62. The Kier molecular flexibility index (Phi) is 6.61. The molecule has 0 fully saturated rings. The van der Waals surface area contributed by atoms with Crippen molar-refractivity contribution in [3.05, 3.63) is 70.5 Å². The minimum atomic E-state index is -0.162. The molecule has 0 aliphatic carbocycles. The summed E-state index contributed by atoms with van der Waals surface area (Å²) in [4.78, 5) is 12.6. The van der Waals surface area contributed by atoms with E-state index in [-0.39, 0.29) is 5.91 Å². The minimum absolute atomic E-state index is 0.162. The predicted molar refractivity (Wildman–Crippen MR) is 115 cm³/mol.